The second-order valence-corrected chi connectivity index (χ2v) is 20.0. The van der Waals surface area contributed by atoms with E-state index in [1.807, 2.05) is 27.8 Å². The number of nitrogens with zero attached hydrogens (tertiary/aromatic N) is 11. The van der Waals surface area contributed by atoms with Crippen molar-refractivity contribution < 1.29 is 46.1 Å². The summed E-state index contributed by atoms with van der Waals surface area (Å²) in [5.41, 5.74) is 3.53. The summed E-state index contributed by atoms with van der Waals surface area (Å²) in [6, 6.07) is 7.67. The molecular weight excluding hydrogens is 1050 g/mol. The highest BCUT2D eigenvalue weighted by molar-refractivity contribution is 5.94. The van der Waals surface area contributed by atoms with E-state index in [2.05, 4.69) is 48.5 Å². The van der Waals surface area contributed by atoms with E-state index in [9.17, 15) is 9.59 Å². The molecule has 2 amide bonds. The molecule has 2 aliphatic heterocycles. The van der Waals surface area contributed by atoms with Crippen LogP contribution in [0.25, 0.3) is 55.5 Å². The number of hydrogen-bond donors (Lipinski definition) is 2. The van der Waals surface area contributed by atoms with Gasteiger partial charge in [0.15, 0.2) is 51.9 Å². The maximum absolute atomic E-state index is 15.7. The summed E-state index contributed by atoms with van der Waals surface area (Å²) < 4.78 is 86.8. The number of rotatable bonds is 18. The standard InChI is InChI=1S/C32H36F2N6O3.C26H27F2N7O3/c1-4-28(41)39-12-10-38(11-13-39)9-5-6-22-19-40-24-15-27(35-17-20-7-8-20)36-18-21(24)14-23(32(40)37-22)29-30(33)25(42-2)16-26(43-3)31(29)34;1-5-20(36)34-8-6-33(7-9-34)13-16-14-35-24-15(12-30-26(29-2)32-24)10-17(25(35)31-16)21-22(27)18(37-3)11-19(38-4)23(21)28/h4,14-16,18-20H,1,5-13,17H2,2-3H3,(H,35,36);5,10-12,14H,1,6-9,13H2,2-4H3,(H,29,30,32). The molecule has 11 rings (SSSR count). The number of benzene rings is 2. The highest BCUT2D eigenvalue weighted by Crippen LogP contribution is 2.42. The van der Waals surface area contributed by atoms with Gasteiger partial charge in [0.25, 0.3) is 0 Å². The highest BCUT2D eigenvalue weighted by Gasteiger charge is 2.29. The molecule has 3 aliphatic rings. The summed E-state index contributed by atoms with van der Waals surface area (Å²) in [5.74, 6) is -2.23. The molecule has 23 heteroatoms. The molecule has 0 atom stereocenters. The summed E-state index contributed by atoms with van der Waals surface area (Å²) >= 11 is 0. The number of halogens is 4. The summed E-state index contributed by atoms with van der Waals surface area (Å²) in [6.07, 6.45) is 13.7. The summed E-state index contributed by atoms with van der Waals surface area (Å²) in [4.78, 5) is 55.0. The maximum atomic E-state index is 15.7. The van der Waals surface area contributed by atoms with Crippen molar-refractivity contribution in [1.29, 1.82) is 0 Å². The Morgan fingerprint density at radius 2 is 1.14 bits per heavy atom. The molecule has 2 aromatic carbocycles. The van der Waals surface area contributed by atoms with Crippen LogP contribution in [0.5, 0.6) is 23.0 Å². The van der Waals surface area contributed by atoms with Gasteiger partial charge in [-0.25, -0.2) is 37.5 Å². The van der Waals surface area contributed by atoms with E-state index in [1.165, 1.54) is 65.6 Å². The Bertz CT molecular complexity index is 3650. The van der Waals surface area contributed by atoms with Gasteiger partial charge in [-0.15, -0.1) is 0 Å². The molecule has 1 saturated carbocycles. The first-order valence-electron chi connectivity index (χ1n) is 26.7. The van der Waals surface area contributed by atoms with Crippen LogP contribution in [-0.2, 0) is 22.6 Å². The van der Waals surface area contributed by atoms with Crippen LogP contribution in [0.2, 0.25) is 0 Å². The predicted octanol–water partition coefficient (Wildman–Crippen LogP) is 8.04. The molecule has 8 aromatic rings. The molecular formula is C58H63F4N13O6. The zero-order chi connectivity index (χ0) is 57.1. The Kier molecular flexibility index (Phi) is 16.5. The highest BCUT2D eigenvalue weighted by atomic mass is 19.1. The second kappa shape index (κ2) is 24.0. The number of hydrogen-bond acceptors (Lipinski definition) is 15. The SMILES string of the molecule is C=CC(=O)N1CCN(CCCc2cn3c(n2)c(-c2c(F)c(OC)cc(OC)c2F)cc2cnc(NCC4CC4)cc23)CC1.C=CC(=O)N1CCN(Cc2cn3c(n2)c(-c2c(F)c(OC)cc(OC)c2F)cc2cnc(NC)nc23)CC1. The molecule has 2 N–H and O–H groups in total. The van der Waals surface area contributed by atoms with Gasteiger partial charge in [0.1, 0.15) is 17.1 Å². The van der Waals surface area contributed by atoms with Crippen molar-refractivity contribution in [1.82, 2.24) is 53.3 Å². The molecule has 1 aliphatic carbocycles. The average molecular weight is 1110 g/mol. The topological polar surface area (TPSA) is 181 Å². The fourth-order valence-electron chi connectivity index (χ4n) is 10.4. The van der Waals surface area contributed by atoms with Crippen LogP contribution in [0.15, 0.2) is 80.4 Å². The van der Waals surface area contributed by atoms with E-state index in [0.717, 1.165) is 55.0 Å². The third kappa shape index (κ3) is 11.4. The zero-order valence-electron chi connectivity index (χ0n) is 45.8. The van der Waals surface area contributed by atoms with Gasteiger partial charge < -0.3 is 39.4 Å². The minimum atomic E-state index is -0.868. The van der Waals surface area contributed by atoms with Crippen molar-refractivity contribution in [3.63, 3.8) is 0 Å². The second-order valence-electron chi connectivity index (χ2n) is 20.0. The molecule has 0 bridgehead atoms. The number of aromatic nitrogens is 7. The lowest BCUT2D eigenvalue weighted by atomic mass is 10.0. The van der Waals surface area contributed by atoms with Gasteiger partial charge in [-0.2, -0.15) is 4.98 Å². The molecule has 8 heterocycles. The number of carbonyl (C=O) groups is 2. The quantitative estimate of drug-likeness (QED) is 0.0622. The van der Waals surface area contributed by atoms with E-state index in [0.29, 0.717) is 92.1 Å². The molecule has 424 valence electrons. The van der Waals surface area contributed by atoms with Crippen LogP contribution in [0.3, 0.4) is 0 Å². The Morgan fingerprint density at radius 1 is 0.630 bits per heavy atom. The number of nitrogens with one attached hydrogen (secondary N) is 2. The Hall–Kier alpha value is -8.57. The number of pyridine rings is 3. The van der Waals surface area contributed by atoms with E-state index in [-0.39, 0.29) is 57.1 Å². The molecule has 0 radical (unpaired) electrons. The number of fused-ring (bicyclic) bond motifs is 6. The Labute approximate surface area is 464 Å². The number of aryl methyl sites for hydroxylation is 1. The smallest absolute Gasteiger partial charge is 0.246 e. The fraction of sp³-hybridized carbons (Fsp3) is 0.362. The van der Waals surface area contributed by atoms with Crippen molar-refractivity contribution in [2.45, 2.75) is 32.2 Å². The lowest BCUT2D eigenvalue weighted by Crippen LogP contribution is -2.48. The van der Waals surface area contributed by atoms with Crippen molar-refractivity contribution in [3.8, 4) is 45.3 Å². The lowest BCUT2D eigenvalue weighted by molar-refractivity contribution is -0.128. The summed E-state index contributed by atoms with van der Waals surface area (Å²) in [5, 5.41) is 7.61. The van der Waals surface area contributed by atoms with Crippen molar-refractivity contribution in [2.24, 2.45) is 5.92 Å². The first-order valence-corrected chi connectivity index (χ1v) is 26.7. The third-order valence-electron chi connectivity index (χ3n) is 15.0. The summed E-state index contributed by atoms with van der Waals surface area (Å²) in [6.45, 7) is 14.8. The normalized spacial score (nSPS) is 15.0. The van der Waals surface area contributed by atoms with Crippen LogP contribution in [0.4, 0.5) is 29.3 Å². The number of ether oxygens (including phenoxy) is 4. The van der Waals surface area contributed by atoms with Gasteiger partial charge in [-0.3, -0.25) is 28.2 Å². The monoisotopic (exact) mass is 1110 g/mol. The molecule has 3 fully saturated rings. The first-order chi connectivity index (χ1) is 39.3. The van der Waals surface area contributed by atoms with Crippen molar-refractivity contribution in [3.05, 3.63) is 115 Å². The van der Waals surface area contributed by atoms with Gasteiger partial charge in [0, 0.05) is 137 Å². The average Bonchev–Trinajstić information content (AvgIpc) is 3.90. The van der Waals surface area contributed by atoms with Gasteiger partial charge in [-0.1, -0.05) is 13.2 Å². The van der Waals surface area contributed by atoms with Crippen LogP contribution >= 0.6 is 0 Å². The van der Waals surface area contributed by atoms with Gasteiger partial charge in [0.05, 0.1) is 56.5 Å². The Morgan fingerprint density at radius 3 is 1.67 bits per heavy atom. The molecule has 0 spiro atoms. The van der Waals surface area contributed by atoms with Crippen LogP contribution in [-0.4, -0.2) is 166 Å². The predicted molar refractivity (Wildman–Crippen MR) is 300 cm³/mol. The molecule has 6 aromatic heterocycles. The fourth-order valence-corrected chi connectivity index (χ4v) is 10.4. The minimum absolute atomic E-state index is 0.0324. The van der Waals surface area contributed by atoms with Gasteiger partial charge >= 0.3 is 0 Å². The number of anilines is 2. The number of amides is 2. The van der Waals surface area contributed by atoms with Crippen LogP contribution < -0.4 is 29.6 Å². The number of imidazole rings is 2. The largest absolute Gasteiger partial charge is 0.494 e. The first kappa shape index (κ1) is 55.7. The van der Waals surface area contributed by atoms with Crippen molar-refractivity contribution >= 4 is 56.8 Å². The lowest BCUT2D eigenvalue weighted by Gasteiger charge is -2.34. The summed E-state index contributed by atoms with van der Waals surface area (Å²) in [7, 11) is 6.98. The van der Waals surface area contributed by atoms with Gasteiger partial charge in [0.2, 0.25) is 17.8 Å². The van der Waals surface area contributed by atoms with E-state index in [1.54, 1.807) is 40.9 Å². The van der Waals surface area contributed by atoms with Gasteiger partial charge in [-0.05, 0) is 62.4 Å². The number of carbonyl (C=O) groups excluding carboxylic acids is 2. The zero-order valence-corrected chi connectivity index (χ0v) is 45.8. The molecule has 81 heavy (non-hydrogen) atoms. The van der Waals surface area contributed by atoms with E-state index < -0.39 is 23.3 Å². The van der Waals surface area contributed by atoms with E-state index >= 15 is 17.6 Å². The van der Waals surface area contributed by atoms with Crippen molar-refractivity contribution in [2.75, 3.05) is 112 Å². The number of piperazine rings is 2. The molecule has 19 nitrogen and oxygen atoms in total. The minimum Gasteiger partial charge on any atom is -0.494 e. The van der Waals surface area contributed by atoms with E-state index in [4.69, 9.17) is 28.9 Å². The Balaban J connectivity index is 0.000000183. The maximum Gasteiger partial charge on any atom is 0.246 e. The number of methoxy groups -OCH3 is 4. The third-order valence-corrected chi connectivity index (χ3v) is 15.0. The van der Waals surface area contributed by atoms with Crippen LogP contribution in [0, 0.1) is 29.2 Å². The molecule has 2 saturated heterocycles. The molecule has 0 unspecified atom stereocenters. The van der Waals surface area contributed by atoms with Crippen LogP contribution in [0.1, 0.15) is 30.7 Å².